The van der Waals surface area contributed by atoms with Crippen LogP contribution in [0, 0.1) is 18.2 Å². The zero-order chi connectivity index (χ0) is 17.5. The molecule has 2 heterocycles. The molecule has 1 aromatic carbocycles. The minimum atomic E-state index is -0.265. The minimum absolute atomic E-state index is 0.00770. The first-order valence-corrected chi connectivity index (χ1v) is 8.38. The number of hydrogen-bond donors (Lipinski definition) is 1. The van der Waals surface area contributed by atoms with Gasteiger partial charge in [0.2, 0.25) is 11.7 Å². The van der Waals surface area contributed by atoms with Gasteiger partial charge in [0.05, 0.1) is 6.04 Å². The number of nitrogens with two attached hydrogens (primary N) is 1. The smallest absolute Gasteiger partial charge is 0.244 e. The molecule has 1 fully saturated rings. The van der Waals surface area contributed by atoms with Gasteiger partial charge in [-0.2, -0.15) is 4.98 Å². The van der Waals surface area contributed by atoms with E-state index in [4.69, 9.17) is 10.3 Å². The van der Waals surface area contributed by atoms with E-state index in [-0.39, 0.29) is 23.3 Å². The van der Waals surface area contributed by atoms with Crippen LogP contribution in [0.15, 0.2) is 22.7 Å². The molecule has 0 aliphatic carbocycles. The molecule has 6 heteroatoms. The maximum absolute atomic E-state index is 13.7. The molecule has 3 rings (SSSR count). The standard InChI is InChI=1S/C18H25FN4O/c1-11-5-6-13(9-14(11)19)16-21-17(24-22-16)12(2)23-8-7-15(20)18(3,4)10-23/h5-6,9,12,15H,7-8,10,20H2,1-4H3. The number of nitrogens with zero attached hydrogens (tertiary/aromatic N) is 3. The van der Waals surface area contributed by atoms with Crippen molar-refractivity contribution in [3.8, 4) is 11.4 Å². The Kier molecular flexibility index (Phi) is 4.44. The van der Waals surface area contributed by atoms with Gasteiger partial charge in [0, 0.05) is 24.7 Å². The van der Waals surface area contributed by atoms with Crippen molar-refractivity contribution in [3.05, 3.63) is 35.5 Å². The van der Waals surface area contributed by atoms with Crippen molar-refractivity contribution in [2.45, 2.75) is 46.2 Å². The number of halogens is 1. The monoisotopic (exact) mass is 332 g/mol. The fourth-order valence-electron chi connectivity index (χ4n) is 3.16. The highest BCUT2D eigenvalue weighted by atomic mass is 19.1. The highest BCUT2D eigenvalue weighted by Crippen LogP contribution is 2.33. The lowest BCUT2D eigenvalue weighted by molar-refractivity contribution is 0.0549. The second-order valence-corrected chi connectivity index (χ2v) is 7.45. The molecular weight excluding hydrogens is 307 g/mol. The molecule has 1 aliphatic heterocycles. The number of likely N-dealkylation sites (tertiary alicyclic amines) is 1. The van der Waals surface area contributed by atoms with E-state index in [9.17, 15) is 4.39 Å². The van der Waals surface area contributed by atoms with Crippen molar-refractivity contribution in [1.29, 1.82) is 0 Å². The lowest BCUT2D eigenvalue weighted by atomic mass is 9.79. The van der Waals surface area contributed by atoms with E-state index in [0.29, 0.717) is 22.8 Å². The zero-order valence-electron chi connectivity index (χ0n) is 14.7. The van der Waals surface area contributed by atoms with Crippen LogP contribution in [0.5, 0.6) is 0 Å². The van der Waals surface area contributed by atoms with Gasteiger partial charge < -0.3 is 10.3 Å². The summed E-state index contributed by atoms with van der Waals surface area (Å²) in [6.45, 7) is 9.94. The number of benzene rings is 1. The quantitative estimate of drug-likeness (QED) is 0.934. The molecule has 1 aromatic heterocycles. The summed E-state index contributed by atoms with van der Waals surface area (Å²) in [4.78, 5) is 6.79. The Hall–Kier alpha value is -1.79. The van der Waals surface area contributed by atoms with Crippen molar-refractivity contribution in [2.24, 2.45) is 11.1 Å². The molecule has 24 heavy (non-hydrogen) atoms. The van der Waals surface area contributed by atoms with E-state index < -0.39 is 0 Å². The van der Waals surface area contributed by atoms with Gasteiger partial charge in [0.15, 0.2) is 0 Å². The molecule has 2 aromatic rings. The van der Waals surface area contributed by atoms with E-state index >= 15 is 0 Å². The van der Waals surface area contributed by atoms with Crippen LogP contribution in [0.3, 0.4) is 0 Å². The Labute approximate surface area is 142 Å². The van der Waals surface area contributed by atoms with Gasteiger partial charge in [-0.1, -0.05) is 31.1 Å². The van der Waals surface area contributed by atoms with Gasteiger partial charge in [-0.05, 0) is 37.3 Å². The summed E-state index contributed by atoms with van der Waals surface area (Å²) in [5.41, 5.74) is 7.48. The Morgan fingerprint density at radius 1 is 1.42 bits per heavy atom. The first-order valence-electron chi connectivity index (χ1n) is 8.38. The molecule has 0 saturated carbocycles. The van der Waals surface area contributed by atoms with E-state index in [1.54, 1.807) is 19.1 Å². The predicted molar refractivity (Wildman–Crippen MR) is 90.8 cm³/mol. The number of aromatic nitrogens is 2. The molecular formula is C18H25FN4O. The van der Waals surface area contributed by atoms with Gasteiger partial charge in [-0.25, -0.2) is 4.39 Å². The van der Waals surface area contributed by atoms with Crippen LogP contribution in [0.25, 0.3) is 11.4 Å². The molecule has 0 amide bonds. The third-order valence-corrected chi connectivity index (χ3v) is 5.12. The van der Waals surface area contributed by atoms with Crippen molar-refractivity contribution in [2.75, 3.05) is 13.1 Å². The minimum Gasteiger partial charge on any atom is -0.337 e. The Morgan fingerprint density at radius 3 is 2.83 bits per heavy atom. The number of rotatable bonds is 3. The van der Waals surface area contributed by atoms with Gasteiger partial charge in [0.25, 0.3) is 0 Å². The van der Waals surface area contributed by atoms with Gasteiger partial charge in [0.1, 0.15) is 5.82 Å². The van der Waals surface area contributed by atoms with E-state index in [1.165, 1.54) is 6.07 Å². The maximum Gasteiger partial charge on any atom is 0.244 e. The van der Waals surface area contributed by atoms with Crippen molar-refractivity contribution in [1.82, 2.24) is 15.0 Å². The van der Waals surface area contributed by atoms with Gasteiger partial charge >= 0.3 is 0 Å². The average Bonchev–Trinajstić information content (AvgIpc) is 3.02. The summed E-state index contributed by atoms with van der Waals surface area (Å²) < 4.78 is 19.2. The summed E-state index contributed by atoms with van der Waals surface area (Å²) in [5, 5.41) is 4.02. The summed E-state index contributed by atoms with van der Waals surface area (Å²) >= 11 is 0. The summed E-state index contributed by atoms with van der Waals surface area (Å²) in [6.07, 6.45) is 0.946. The van der Waals surface area contributed by atoms with Crippen LogP contribution in [-0.4, -0.2) is 34.2 Å². The van der Waals surface area contributed by atoms with Crippen LogP contribution >= 0.6 is 0 Å². The van der Waals surface area contributed by atoms with Crippen LogP contribution in [0.4, 0.5) is 4.39 Å². The Balaban J connectivity index is 1.78. The molecule has 1 aliphatic rings. The summed E-state index contributed by atoms with van der Waals surface area (Å²) in [7, 11) is 0. The average molecular weight is 332 g/mol. The van der Waals surface area contributed by atoms with Crippen LogP contribution in [0.1, 0.15) is 44.7 Å². The number of aryl methyl sites for hydroxylation is 1. The molecule has 2 N–H and O–H groups in total. The normalized spacial score (nSPS) is 22.5. The van der Waals surface area contributed by atoms with Gasteiger partial charge in [-0.15, -0.1) is 0 Å². The predicted octanol–water partition coefficient (Wildman–Crippen LogP) is 3.30. The second kappa shape index (κ2) is 6.26. The molecule has 1 saturated heterocycles. The molecule has 0 bridgehead atoms. The first kappa shape index (κ1) is 17.0. The Morgan fingerprint density at radius 2 is 2.17 bits per heavy atom. The highest BCUT2D eigenvalue weighted by molar-refractivity contribution is 5.54. The van der Waals surface area contributed by atoms with Crippen LogP contribution in [0.2, 0.25) is 0 Å². The topological polar surface area (TPSA) is 68.2 Å². The van der Waals surface area contributed by atoms with Crippen LogP contribution in [-0.2, 0) is 0 Å². The lowest BCUT2D eigenvalue weighted by Gasteiger charge is -2.44. The van der Waals surface area contributed by atoms with Gasteiger partial charge in [-0.3, -0.25) is 4.90 Å². The fraction of sp³-hybridized carbons (Fsp3) is 0.556. The zero-order valence-corrected chi connectivity index (χ0v) is 14.7. The molecule has 2 unspecified atom stereocenters. The summed E-state index contributed by atoms with van der Waals surface area (Å²) in [5.74, 6) is 0.708. The number of hydrogen-bond acceptors (Lipinski definition) is 5. The second-order valence-electron chi connectivity index (χ2n) is 7.45. The third-order valence-electron chi connectivity index (χ3n) is 5.12. The first-order chi connectivity index (χ1) is 11.3. The molecule has 130 valence electrons. The Bertz CT molecular complexity index is 728. The van der Waals surface area contributed by atoms with Crippen molar-refractivity contribution < 1.29 is 8.91 Å². The van der Waals surface area contributed by atoms with E-state index in [2.05, 4.69) is 35.8 Å². The number of piperidine rings is 1. The maximum atomic E-state index is 13.7. The van der Waals surface area contributed by atoms with E-state index in [0.717, 1.165) is 19.5 Å². The van der Waals surface area contributed by atoms with E-state index in [1.807, 2.05) is 0 Å². The highest BCUT2D eigenvalue weighted by Gasteiger charge is 2.36. The fourth-order valence-corrected chi connectivity index (χ4v) is 3.16. The largest absolute Gasteiger partial charge is 0.337 e. The molecule has 0 spiro atoms. The van der Waals surface area contributed by atoms with Crippen molar-refractivity contribution >= 4 is 0 Å². The molecule has 2 atom stereocenters. The SMILES string of the molecule is Cc1ccc(-c2noc(C(C)N3CCC(N)C(C)(C)C3)n2)cc1F. The molecule has 0 radical (unpaired) electrons. The lowest BCUT2D eigenvalue weighted by Crippen LogP contribution is -2.52. The van der Waals surface area contributed by atoms with Crippen LogP contribution < -0.4 is 5.73 Å². The molecule has 5 nitrogen and oxygen atoms in total. The third kappa shape index (κ3) is 3.21. The summed E-state index contributed by atoms with van der Waals surface area (Å²) in [6, 6.07) is 5.18. The van der Waals surface area contributed by atoms with Crippen molar-refractivity contribution in [3.63, 3.8) is 0 Å².